The van der Waals surface area contributed by atoms with Gasteiger partial charge in [0.05, 0.1) is 6.61 Å². The van der Waals surface area contributed by atoms with E-state index in [4.69, 9.17) is 40.9 Å². The average Bonchev–Trinajstić information content (AvgIpc) is 2.99. The fraction of sp³-hybridized carbons (Fsp3) is 0.667. The Hall–Kier alpha value is -1.75. The van der Waals surface area contributed by atoms with E-state index in [0.29, 0.717) is 12.8 Å². The summed E-state index contributed by atoms with van der Waals surface area (Å²) in [7, 11) is -10.1. The fourth-order valence-corrected chi connectivity index (χ4v) is 3.99. The number of aliphatic hydroxyl groups is 1. The first kappa shape index (κ1) is 28.5. The molecule has 0 radical (unpaired) electrons. The first-order valence-corrected chi connectivity index (χ1v) is 12.8. The summed E-state index contributed by atoms with van der Waals surface area (Å²) in [5, 5.41) is 19.4. The van der Waals surface area contributed by atoms with Crippen molar-refractivity contribution in [3.63, 3.8) is 0 Å². The first-order valence-electron chi connectivity index (χ1n) is 9.79. The molecule has 5 atom stereocenters. The number of rotatable bonds is 12. The predicted molar refractivity (Wildman–Crippen MR) is 111 cm³/mol. The van der Waals surface area contributed by atoms with Gasteiger partial charge in [-0.15, -0.1) is 0 Å². The molecule has 2 heterocycles. The summed E-state index contributed by atoms with van der Waals surface area (Å²) in [5.74, 6) is -1.07. The molecule has 1 unspecified atom stereocenters. The molecule has 0 spiro atoms. The van der Waals surface area contributed by atoms with Gasteiger partial charge in [-0.2, -0.15) is 4.98 Å². The van der Waals surface area contributed by atoms with E-state index in [0.717, 1.165) is 0 Å². The maximum atomic E-state index is 11.3. The lowest BCUT2D eigenvalue weighted by Crippen LogP contribution is -2.38. The highest BCUT2D eigenvalue weighted by Crippen LogP contribution is 2.45. The molecular formula is C15H27N5O12P2. The van der Waals surface area contributed by atoms with E-state index in [1.165, 1.54) is 16.8 Å². The van der Waals surface area contributed by atoms with Crippen molar-refractivity contribution in [1.82, 2.24) is 9.55 Å². The third-order valence-corrected chi connectivity index (χ3v) is 5.61. The minimum Gasteiger partial charge on any atom is -0.480 e. The molecule has 1 aromatic heterocycles. The predicted octanol–water partition coefficient (Wildman–Crippen LogP) is -2.21. The molecule has 17 nitrogen and oxygen atoms in total. The van der Waals surface area contributed by atoms with Crippen molar-refractivity contribution in [2.75, 3.05) is 18.9 Å². The van der Waals surface area contributed by atoms with Crippen LogP contribution in [0.3, 0.4) is 0 Å². The molecule has 1 aromatic rings. The number of nitrogens with two attached hydrogens (primary N) is 2. The van der Waals surface area contributed by atoms with Gasteiger partial charge in [-0.05, 0) is 25.3 Å². The van der Waals surface area contributed by atoms with Gasteiger partial charge in [0.2, 0.25) is 5.62 Å². The highest BCUT2D eigenvalue weighted by molar-refractivity contribution is 7.46. The van der Waals surface area contributed by atoms with Crippen LogP contribution in [0.4, 0.5) is 5.82 Å². The summed E-state index contributed by atoms with van der Waals surface area (Å²) in [6.07, 6.45) is -3.91. The zero-order valence-corrected chi connectivity index (χ0v) is 19.4. The summed E-state index contributed by atoms with van der Waals surface area (Å²) in [5.41, 5.74) is 11.1. The van der Waals surface area contributed by atoms with Gasteiger partial charge >= 0.3 is 21.6 Å². The molecule has 1 aliphatic rings. The normalized spacial score (nSPS) is 24.9. The second-order valence-electron chi connectivity index (χ2n) is 7.28. The van der Waals surface area contributed by atoms with Crippen molar-refractivity contribution in [1.29, 1.82) is 0 Å². The van der Waals surface area contributed by atoms with Crippen molar-refractivity contribution in [3.8, 4) is 0 Å². The van der Waals surface area contributed by atoms with Crippen LogP contribution in [0.25, 0.3) is 0 Å². The number of phosphoric ester groups is 2. The smallest absolute Gasteiger partial charge is 0.470 e. The van der Waals surface area contributed by atoms with Gasteiger partial charge in [0, 0.05) is 12.7 Å². The van der Waals surface area contributed by atoms with E-state index >= 15 is 0 Å². The van der Waals surface area contributed by atoms with Gasteiger partial charge in [0.1, 0.15) is 30.2 Å². The molecule has 1 aliphatic heterocycles. The largest absolute Gasteiger partial charge is 0.480 e. The van der Waals surface area contributed by atoms with E-state index in [1.807, 2.05) is 0 Å². The molecule has 194 valence electrons. The molecule has 1 saturated heterocycles. The molecule has 0 saturated carbocycles. The van der Waals surface area contributed by atoms with E-state index in [2.05, 4.69) is 19.0 Å². The molecule has 19 heteroatoms. The van der Waals surface area contributed by atoms with Crippen LogP contribution >= 0.6 is 15.6 Å². The van der Waals surface area contributed by atoms with E-state index in [1.54, 1.807) is 0 Å². The van der Waals surface area contributed by atoms with Crippen LogP contribution in [-0.2, 0) is 27.7 Å². The minimum absolute atomic E-state index is 0.0435. The Morgan fingerprint density at radius 2 is 1.94 bits per heavy atom. The van der Waals surface area contributed by atoms with Crippen LogP contribution in [0.5, 0.6) is 0 Å². The molecule has 0 aliphatic carbocycles. The Morgan fingerprint density at radius 1 is 1.26 bits per heavy atom. The standard InChI is InChI=1S/C15H27N5O12P2/c16-8(14(22)23)3-1-2-5-18-15-19-10(17)4-6-20(15)13-11(21)12(32-34(27,28)29)9(31-13)7-30-33(24,25)26/h4,6,8-9,11-13,21H,1-3,5,7,16H2,(H,22,23)(H2,17,18,19)(H2,24,25,26)(H2,27,28,29)/t8?,9-,11-,12-,13-/m1/s1. The topological polar surface area (TPSA) is 282 Å². The number of aliphatic carboxylic acids is 1. The quantitative estimate of drug-likeness (QED) is 0.105. The number of carbonyl (C=O) groups is 1. The molecule has 1 fully saturated rings. The molecule has 34 heavy (non-hydrogen) atoms. The molecule has 0 bridgehead atoms. The number of carboxylic acid groups (broad SMARTS) is 1. The van der Waals surface area contributed by atoms with Crippen molar-refractivity contribution in [2.45, 2.75) is 49.8 Å². The highest BCUT2D eigenvalue weighted by Gasteiger charge is 2.49. The van der Waals surface area contributed by atoms with Gasteiger partial charge in [0.15, 0.2) is 6.23 Å². The number of unbranched alkanes of at least 4 members (excludes halogenated alkanes) is 1. The van der Waals surface area contributed by atoms with Crippen molar-refractivity contribution in [2.24, 2.45) is 10.7 Å². The van der Waals surface area contributed by atoms with Crippen LogP contribution < -0.4 is 17.1 Å². The Labute approximate surface area is 192 Å². The third-order valence-electron chi connectivity index (χ3n) is 4.61. The number of nitrogen functional groups attached to an aromatic ring is 1. The van der Waals surface area contributed by atoms with Crippen LogP contribution in [0.2, 0.25) is 0 Å². The van der Waals surface area contributed by atoms with Crippen molar-refractivity contribution < 1.29 is 57.5 Å². The molecule has 0 amide bonds. The lowest BCUT2D eigenvalue weighted by molar-refractivity contribution is -0.138. The average molecular weight is 531 g/mol. The zero-order chi connectivity index (χ0) is 25.7. The van der Waals surface area contributed by atoms with Gasteiger partial charge in [0.25, 0.3) is 0 Å². The SMILES string of the molecule is Nc1ccn([C@@H]2O[C@H](COP(=O)(O)O)[C@@H](OP(=O)(O)O)[C@H]2O)c(=NCCCCC(N)C(=O)O)n1. The lowest BCUT2D eigenvalue weighted by Gasteiger charge is -2.21. The molecule has 2 rings (SSSR count). The Morgan fingerprint density at radius 3 is 2.53 bits per heavy atom. The summed E-state index contributed by atoms with van der Waals surface area (Å²) < 4.78 is 38.0. The Bertz CT molecular complexity index is 1010. The van der Waals surface area contributed by atoms with E-state index in [-0.39, 0.29) is 24.4 Å². The van der Waals surface area contributed by atoms with Gasteiger partial charge in [-0.1, -0.05) is 0 Å². The van der Waals surface area contributed by atoms with E-state index < -0.39 is 58.8 Å². The maximum Gasteiger partial charge on any atom is 0.470 e. The van der Waals surface area contributed by atoms with Crippen LogP contribution in [0, 0.1) is 0 Å². The zero-order valence-electron chi connectivity index (χ0n) is 17.6. The van der Waals surface area contributed by atoms with Crippen LogP contribution in [-0.4, -0.2) is 82.8 Å². The number of aromatic nitrogens is 2. The van der Waals surface area contributed by atoms with Gasteiger partial charge < -0.3 is 46.0 Å². The Balaban J connectivity index is 2.24. The number of aliphatic hydroxyl groups excluding tert-OH is 1. The fourth-order valence-electron chi connectivity index (χ4n) is 3.07. The summed E-state index contributed by atoms with van der Waals surface area (Å²) in [6.45, 7) is -0.694. The maximum absolute atomic E-state index is 11.3. The molecule has 10 N–H and O–H groups in total. The number of carboxylic acids is 1. The van der Waals surface area contributed by atoms with E-state index in [9.17, 15) is 19.0 Å². The van der Waals surface area contributed by atoms with Crippen LogP contribution in [0.15, 0.2) is 17.3 Å². The van der Waals surface area contributed by atoms with Crippen molar-refractivity contribution in [3.05, 3.63) is 17.9 Å². The molecular weight excluding hydrogens is 504 g/mol. The number of nitrogens with zero attached hydrogens (tertiary/aromatic N) is 3. The van der Waals surface area contributed by atoms with Gasteiger partial charge in [-0.3, -0.25) is 23.4 Å². The summed E-state index contributed by atoms with van der Waals surface area (Å²) in [6, 6.07) is 0.329. The minimum atomic E-state index is -5.14. The van der Waals surface area contributed by atoms with Crippen LogP contribution in [0.1, 0.15) is 25.5 Å². The lowest BCUT2D eigenvalue weighted by atomic mass is 10.1. The van der Waals surface area contributed by atoms with Gasteiger partial charge in [-0.25, -0.2) is 9.13 Å². The first-order chi connectivity index (χ1) is 15.7. The summed E-state index contributed by atoms with van der Waals surface area (Å²) in [4.78, 5) is 55.2. The third kappa shape index (κ3) is 8.79. The van der Waals surface area contributed by atoms with Crippen molar-refractivity contribution >= 4 is 27.4 Å². The number of anilines is 1. The summed E-state index contributed by atoms with van der Waals surface area (Å²) >= 11 is 0. The number of hydrogen-bond acceptors (Lipinski definition) is 11. The second kappa shape index (κ2) is 11.8. The number of ether oxygens (including phenoxy) is 1. The number of hydrogen-bond donors (Lipinski definition) is 8. The second-order valence-corrected chi connectivity index (χ2v) is 9.72. The highest BCUT2D eigenvalue weighted by atomic mass is 31.2. The monoisotopic (exact) mass is 531 g/mol. The Kier molecular flexibility index (Phi) is 9.88. The number of phosphoric acid groups is 2. The molecule has 0 aromatic carbocycles.